The third kappa shape index (κ3) is 1.72. The second-order valence-corrected chi connectivity index (χ2v) is 3.10. The number of carbonyl (C=O) groups is 1. The minimum Gasteiger partial charge on any atom is -0.267 e. The number of allylic oxidation sites excluding steroid dienone is 1. The Hall–Kier alpha value is -1.12. The molecule has 0 spiro atoms. The number of carbonyl (C=O) groups excluding carboxylic acids is 1. The number of nitrogens with one attached hydrogen (secondary N) is 1. The van der Waals surface area contributed by atoms with Gasteiger partial charge in [-0.15, -0.1) is 0 Å². The van der Waals surface area contributed by atoms with E-state index in [2.05, 4.69) is 24.4 Å². The van der Waals surface area contributed by atoms with Crippen molar-refractivity contribution in [1.82, 2.24) is 5.43 Å². The highest BCUT2D eigenvalue weighted by Gasteiger charge is 2.18. The summed E-state index contributed by atoms with van der Waals surface area (Å²) in [6.07, 6.45) is 3.02. The van der Waals surface area contributed by atoms with Crippen molar-refractivity contribution in [3.63, 3.8) is 0 Å². The van der Waals surface area contributed by atoms with Gasteiger partial charge in [0.1, 0.15) is 0 Å². The Balaban J connectivity index is 2.79. The first-order chi connectivity index (χ1) is 5.65. The smallest absolute Gasteiger partial charge is 0.267 e. The lowest BCUT2D eigenvalue weighted by molar-refractivity contribution is -0.116. The van der Waals surface area contributed by atoms with Gasteiger partial charge in [0.25, 0.3) is 5.91 Å². The molecule has 1 unspecified atom stereocenters. The molecule has 0 saturated heterocycles. The molecule has 1 aliphatic rings. The van der Waals surface area contributed by atoms with Crippen LogP contribution in [0.3, 0.4) is 0 Å². The molecule has 1 amide bonds. The van der Waals surface area contributed by atoms with E-state index in [-0.39, 0.29) is 5.91 Å². The Labute approximate surface area is 72.5 Å². The lowest BCUT2D eigenvalue weighted by Crippen LogP contribution is -2.13. The van der Waals surface area contributed by atoms with E-state index in [1.165, 1.54) is 0 Å². The second-order valence-electron chi connectivity index (χ2n) is 3.10. The Morgan fingerprint density at radius 1 is 1.67 bits per heavy atom. The second kappa shape index (κ2) is 3.52. The van der Waals surface area contributed by atoms with E-state index in [0.29, 0.717) is 5.92 Å². The van der Waals surface area contributed by atoms with E-state index >= 15 is 0 Å². The van der Waals surface area contributed by atoms with Crippen LogP contribution in [0.4, 0.5) is 0 Å². The van der Waals surface area contributed by atoms with Crippen LogP contribution in [0.1, 0.15) is 27.2 Å². The van der Waals surface area contributed by atoms with Crippen LogP contribution in [0.5, 0.6) is 0 Å². The van der Waals surface area contributed by atoms with Crippen LogP contribution in [-0.2, 0) is 4.79 Å². The third-order valence-electron chi connectivity index (χ3n) is 2.05. The van der Waals surface area contributed by atoms with Gasteiger partial charge >= 0.3 is 0 Å². The molecule has 0 aromatic rings. The maximum absolute atomic E-state index is 11.1. The molecule has 0 aromatic heterocycles. The highest BCUT2D eigenvalue weighted by Crippen LogP contribution is 2.11. The number of hydrazone groups is 1. The zero-order chi connectivity index (χ0) is 9.14. The van der Waals surface area contributed by atoms with Gasteiger partial charge in [0.2, 0.25) is 0 Å². The molecule has 0 aromatic carbocycles. The van der Waals surface area contributed by atoms with Gasteiger partial charge in [-0.25, -0.2) is 5.43 Å². The lowest BCUT2D eigenvalue weighted by atomic mass is 10.0. The summed E-state index contributed by atoms with van der Waals surface area (Å²) in [5, 5.41) is 3.83. The lowest BCUT2D eigenvalue weighted by Gasteiger charge is -2.01. The number of hydrogen-bond acceptors (Lipinski definition) is 2. The van der Waals surface area contributed by atoms with Crippen molar-refractivity contribution in [3.05, 3.63) is 11.6 Å². The summed E-state index contributed by atoms with van der Waals surface area (Å²) in [5.74, 6) is 0.363. The molecule has 0 fully saturated rings. The maximum atomic E-state index is 11.1. The molecule has 0 bridgehead atoms. The van der Waals surface area contributed by atoms with E-state index < -0.39 is 0 Å². The Bertz CT molecular complexity index is 253. The molecule has 3 heteroatoms. The average molecular weight is 166 g/mol. The normalized spacial score (nSPS) is 22.4. The number of hydrogen-bond donors (Lipinski definition) is 1. The summed E-state index contributed by atoms with van der Waals surface area (Å²) >= 11 is 0. The zero-order valence-electron chi connectivity index (χ0n) is 7.72. The van der Waals surface area contributed by atoms with Gasteiger partial charge < -0.3 is 0 Å². The summed E-state index contributed by atoms with van der Waals surface area (Å²) in [5.41, 5.74) is 3.95. The molecular formula is C9H14N2O. The van der Waals surface area contributed by atoms with Gasteiger partial charge in [-0.2, -0.15) is 5.10 Å². The first kappa shape index (κ1) is 8.97. The highest BCUT2D eigenvalue weighted by atomic mass is 16.2. The van der Waals surface area contributed by atoms with Gasteiger partial charge in [0, 0.05) is 0 Å². The standard InChI is InChI=1S/C9H14N2O/c1-4-6(2)5-8-7(3)10-11-9(8)12/h5-6H,4H2,1-3H3,(H,11,12). The fourth-order valence-corrected chi connectivity index (χ4v) is 1.02. The third-order valence-corrected chi connectivity index (χ3v) is 2.05. The van der Waals surface area contributed by atoms with Crippen LogP contribution in [0.25, 0.3) is 0 Å². The molecule has 3 nitrogen and oxygen atoms in total. The van der Waals surface area contributed by atoms with Gasteiger partial charge in [0.05, 0.1) is 11.3 Å². The van der Waals surface area contributed by atoms with Crippen molar-refractivity contribution >= 4 is 11.6 Å². The molecule has 0 saturated carbocycles. The fraction of sp³-hybridized carbons (Fsp3) is 0.556. The molecule has 1 rings (SSSR count). The van der Waals surface area contributed by atoms with Crippen molar-refractivity contribution in [1.29, 1.82) is 0 Å². The van der Waals surface area contributed by atoms with E-state index in [0.717, 1.165) is 17.7 Å². The fourth-order valence-electron chi connectivity index (χ4n) is 1.02. The molecule has 0 aliphatic carbocycles. The van der Waals surface area contributed by atoms with Crippen LogP contribution < -0.4 is 5.43 Å². The molecule has 12 heavy (non-hydrogen) atoms. The largest absolute Gasteiger partial charge is 0.272 e. The van der Waals surface area contributed by atoms with Gasteiger partial charge in [-0.05, 0) is 12.8 Å². The number of rotatable bonds is 2. The maximum Gasteiger partial charge on any atom is 0.272 e. The summed E-state index contributed by atoms with van der Waals surface area (Å²) in [4.78, 5) is 11.1. The Kier molecular flexibility index (Phi) is 2.63. The highest BCUT2D eigenvalue weighted by molar-refractivity contribution is 6.23. The molecule has 0 radical (unpaired) electrons. The topological polar surface area (TPSA) is 41.5 Å². The number of amides is 1. The Morgan fingerprint density at radius 3 is 2.75 bits per heavy atom. The molecule has 1 aliphatic heterocycles. The van der Waals surface area contributed by atoms with Gasteiger partial charge in [-0.3, -0.25) is 4.79 Å². The molecule has 1 N–H and O–H groups in total. The van der Waals surface area contributed by atoms with Crippen LogP contribution in [0.15, 0.2) is 16.8 Å². The number of nitrogens with zero attached hydrogens (tertiary/aromatic N) is 1. The van der Waals surface area contributed by atoms with Crippen LogP contribution >= 0.6 is 0 Å². The van der Waals surface area contributed by atoms with E-state index in [4.69, 9.17) is 0 Å². The van der Waals surface area contributed by atoms with Crippen molar-refractivity contribution in [2.24, 2.45) is 11.0 Å². The van der Waals surface area contributed by atoms with Crippen LogP contribution in [0, 0.1) is 5.92 Å². The van der Waals surface area contributed by atoms with E-state index in [9.17, 15) is 4.79 Å². The summed E-state index contributed by atoms with van der Waals surface area (Å²) in [6, 6.07) is 0. The van der Waals surface area contributed by atoms with Gasteiger partial charge in [-0.1, -0.05) is 26.3 Å². The predicted octanol–water partition coefficient (Wildman–Crippen LogP) is 1.46. The quantitative estimate of drug-likeness (QED) is 0.620. The van der Waals surface area contributed by atoms with E-state index in [1.807, 2.05) is 13.0 Å². The van der Waals surface area contributed by atoms with Crippen molar-refractivity contribution in [3.8, 4) is 0 Å². The van der Waals surface area contributed by atoms with E-state index in [1.54, 1.807) is 0 Å². The molecule has 1 atom stereocenters. The van der Waals surface area contributed by atoms with Crippen molar-refractivity contribution < 1.29 is 4.79 Å². The SMILES string of the molecule is CCC(C)C=C1C(=O)NN=C1C. The predicted molar refractivity (Wildman–Crippen MR) is 48.8 cm³/mol. The Morgan fingerprint density at radius 2 is 2.33 bits per heavy atom. The first-order valence-electron chi connectivity index (χ1n) is 4.22. The molecule has 1 heterocycles. The average Bonchev–Trinajstić information content (AvgIpc) is 2.35. The van der Waals surface area contributed by atoms with Gasteiger partial charge in [0.15, 0.2) is 0 Å². The van der Waals surface area contributed by atoms with Crippen LogP contribution in [0.2, 0.25) is 0 Å². The monoisotopic (exact) mass is 166 g/mol. The minimum atomic E-state index is -0.0761. The van der Waals surface area contributed by atoms with Crippen molar-refractivity contribution in [2.45, 2.75) is 27.2 Å². The minimum absolute atomic E-state index is 0.0761. The summed E-state index contributed by atoms with van der Waals surface area (Å²) in [7, 11) is 0. The van der Waals surface area contributed by atoms with Crippen molar-refractivity contribution in [2.75, 3.05) is 0 Å². The van der Waals surface area contributed by atoms with Crippen LogP contribution in [-0.4, -0.2) is 11.6 Å². The summed E-state index contributed by atoms with van der Waals surface area (Å²) in [6.45, 7) is 6.03. The first-order valence-corrected chi connectivity index (χ1v) is 4.22. The molecular weight excluding hydrogens is 152 g/mol. The summed E-state index contributed by atoms with van der Waals surface area (Å²) < 4.78 is 0. The zero-order valence-corrected chi connectivity index (χ0v) is 7.72. The molecule has 66 valence electrons.